The molecule has 0 saturated heterocycles. The van der Waals surface area contributed by atoms with Gasteiger partial charge in [-0.1, -0.05) is 18.1 Å². The molecule has 0 rings (SSSR count). The lowest BCUT2D eigenvalue weighted by Gasteiger charge is -1.77. The molecule has 0 amide bonds. The van der Waals surface area contributed by atoms with Gasteiger partial charge in [0, 0.05) is 11.8 Å². The Bertz CT molecular complexity index is 114. The molecule has 0 radical (unpaired) electrons. The zero-order valence-electron chi connectivity index (χ0n) is 4.95. The number of hydrogen-bond acceptors (Lipinski definition) is 0. The monoisotopic (exact) mass is 128 g/mol. The third kappa shape index (κ3) is 5.59. The molecule has 0 bridgehead atoms. The van der Waals surface area contributed by atoms with Crippen LogP contribution in [0.15, 0.2) is 12.2 Å². The molecule has 0 aromatic heterocycles. The maximum atomic E-state index is 5.10. The molecule has 0 fully saturated rings. The standard InChI is InChI=1S/C7H9Cl/c1-2-3-4-5-6-7-8/h2-3H,4-5H2,1H3/b3-2+. The lowest BCUT2D eigenvalue weighted by Crippen LogP contribution is -1.61. The zero-order chi connectivity index (χ0) is 6.24. The van der Waals surface area contributed by atoms with Crippen LogP contribution in [0.3, 0.4) is 0 Å². The number of hydrogen-bond donors (Lipinski definition) is 0. The highest BCUT2D eigenvalue weighted by atomic mass is 35.5. The minimum absolute atomic E-state index is 0.869. The van der Waals surface area contributed by atoms with Gasteiger partial charge in [-0.3, -0.25) is 0 Å². The Labute approximate surface area is 55.5 Å². The van der Waals surface area contributed by atoms with E-state index in [-0.39, 0.29) is 0 Å². The molecule has 0 aromatic rings. The number of rotatable bonds is 2. The van der Waals surface area contributed by atoms with Crippen molar-refractivity contribution in [3.63, 3.8) is 0 Å². The van der Waals surface area contributed by atoms with Gasteiger partial charge in [0.1, 0.15) is 0 Å². The molecule has 0 nitrogen and oxygen atoms in total. The summed E-state index contributed by atoms with van der Waals surface area (Å²) in [6.07, 6.45) is 5.96. The van der Waals surface area contributed by atoms with Crippen LogP contribution in [0.4, 0.5) is 0 Å². The largest absolute Gasteiger partial charge is 0.0916 e. The van der Waals surface area contributed by atoms with E-state index in [1.165, 1.54) is 0 Å². The fourth-order valence-electron chi connectivity index (χ4n) is 0.369. The number of halogens is 1. The Morgan fingerprint density at radius 3 is 2.88 bits per heavy atom. The Morgan fingerprint density at radius 1 is 1.62 bits per heavy atom. The molecule has 0 saturated carbocycles. The number of unbranched alkanes of at least 4 members (excludes halogenated alkanes) is 1. The average Bonchev–Trinajstić information content (AvgIpc) is 1.81. The summed E-state index contributed by atoms with van der Waals surface area (Å²) in [6.45, 7) is 1.99. The third-order valence-corrected chi connectivity index (χ3v) is 0.872. The van der Waals surface area contributed by atoms with Crippen molar-refractivity contribution in [2.24, 2.45) is 0 Å². The van der Waals surface area contributed by atoms with Crippen LogP contribution in [0.25, 0.3) is 0 Å². The van der Waals surface area contributed by atoms with Crippen molar-refractivity contribution in [1.82, 2.24) is 0 Å². The van der Waals surface area contributed by atoms with Crippen LogP contribution in [0, 0.1) is 11.3 Å². The van der Waals surface area contributed by atoms with E-state index in [1.807, 2.05) is 13.0 Å². The molecule has 0 unspecified atom stereocenters. The van der Waals surface area contributed by atoms with Gasteiger partial charge >= 0.3 is 0 Å². The predicted octanol–water partition coefficient (Wildman–Crippen LogP) is 2.54. The van der Waals surface area contributed by atoms with Crippen molar-refractivity contribution >= 4 is 11.6 Å². The Morgan fingerprint density at radius 2 is 2.38 bits per heavy atom. The smallest absolute Gasteiger partial charge is 0.0136 e. The van der Waals surface area contributed by atoms with Crippen molar-refractivity contribution in [3.05, 3.63) is 12.2 Å². The van der Waals surface area contributed by atoms with Crippen molar-refractivity contribution in [2.45, 2.75) is 19.8 Å². The van der Waals surface area contributed by atoms with Gasteiger partial charge in [-0.2, -0.15) is 0 Å². The molecule has 0 aliphatic heterocycles. The number of allylic oxidation sites excluding steroid dienone is 2. The van der Waals surface area contributed by atoms with E-state index in [9.17, 15) is 0 Å². The second kappa shape index (κ2) is 6.59. The lowest BCUT2D eigenvalue weighted by atomic mass is 10.3. The summed E-state index contributed by atoms with van der Waals surface area (Å²) in [4.78, 5) is 0. The van der Waals surface area contributed by atoms with E-state index < -0.39 is 0 Å². The first kappa shape index (κ1) is 7.59. The maximum absolute atomic E-state index is 5.10. The van der Waals surface area contributed by atoms with Crippen LogP contribution >= 0.6 is 11.6 Å². The van der Waals surface area contributed by atoms with E-state index in [2.05, 4.69) is 17.4 Å². The van der Waals surface area contributed by atoms with Crippen molar-refractivity contribution in [1.29, 1.82) is 0 Å². The molecule has 0 spiro atoms. The molecular formula is C7H9Cl. The van der Waals surface area contributed by atoms with Crippen LogP contribution < -0.4 is 0 Å². The van der Waals surface area contributed by atoms with Crippen molar-refractivity contribution in [3.8, 4) is 11.3 Å². The molecule has 0 aliphatic rings. The van der Waals surface area contributed by atoms with Crippen LogP contribution in [-0.2, 0) is 0 Å². The fraction of sp³-hybridized carbons (Fsp3) is 0.429. The van der Waals surface area contributed by atoms with Crippen LogP contribution in [0.5, 0.6) is 0 Å². The van der Waals surface area contributed by atoms with Crippen LogP contribution in [0.2, 0.25) is 0 Å². The Kier molecular flexibility index (Phi) is 6.25. The lowest BCUT2D eigenvalue weighted by molar-refractivity contribution is 1.08. The van der Waals surface area contributed by atoms with Gasteiger partial charge in [0.05, 0.1) is 0 Å². The molecule has 44 valence electrons. The minimum atomic E-state index is 0.869. The second-order valence-electron chi connectivity index (χ2n) is 1.38. The minimum Gasteiger partial charge on any atom is -0.0916 e. The van der Waals surface area contributed by atoms with Crippen molar-refractivity contribution < 1.29 is 0 Å². The molecule has 0 atom stereocenters. The van der Waals surface area contributed by atoms with E-state index in [0.717, 1.165) is 12.8 Å². The van der Waals surface area contributed by atoms with Gasteiger partial charge in [0.15, 0.2) is 0 Å². The van der Waals surface area contributed by atoms with E-state index in [1.54, 1.807) is 0 Å². The molecule has 0 aromatic carbocycles. The highest BCUT2D eigenvalue weighted by molar-refractivity contribution is 6.30. The molecule has 8 heavy (non-hydrogen) atoms. The first-order valence-corrected chi connectivity index (χ1v) is 2.99. The zero-order valence-corrected chi connectivity index (χ0v) is 5.70. The summed E-state index contributed by atoms with van der Waals surface area (Å²) in [5.41, 5.74) is 0. The third-order valence-electron chi connectivity index (χ3n) is 0.739. The van der Waals surface area contributed by atoms with Crippen LogP contribution in [-0.4, -0.2) is 0 Å². The van der Waals surface area contributed by atoms with Gasteiger partial charge in [0.2, 0.25) is 0 Å². The summed E-state index contributed by atoms with van der Waals surface area (Å²) >= 11 is 5.10. The van der Waals surface area contributed by atoms with E-state index >= 15 is 0 Å². The SMILES string of the molecule is C/C=C/CCC#CCl. The molecule has 0 N–H and O–H groups in total. The molecule has 0 aliphatic carbocycles. The predicted molar refractivity (Wildman–Crippen MR) is 37.7 cm³/mol. The highest BCUT2D eigenvalue weighted by Crippen LogP contribution is 1.87. The maximum Gasteiger partial charge on any atom is 0.0136 e. The quantitative estimate of drug-likeness (QED) is 0.305. The van der Waals surface area contributed by atoms with Crippen molar-refractivity contribution in [2.75, 3.05) is 0 Å². The normalized spacial score (nSPS) is 8.75. The van der Waals surface area contributed by atoms with Gasteiger partial charge in [-0.25, -0.2) is 0 Å². The van der Waals surface area contributed by atoms with Gasteiger partial charge < -0.3 is 0 Å². The van der Waals surface area contributed by atoms with Gasteiger partial charge in [0.25, 0.3) is 0 Å². The van der Waals surface area contributed by atoms with Gasteiger partial charge in [-0.05, 0) is 24.9 Å². The summed E-state index contributed by atoms with van der Waals surface area (Å²) in [7, 11) is 0. The van der Waals surface area contributed by atoms with E-state index in [4.69, 9.17) is 11.6 Å². The second-order valence-corrected chi connectivity index (χ2v) is 1.57. The fourth-order valence-corrected chi connectivity index (χ4v) is 0.464. The topological polar surface area (TPSA) is 0 Å². The van der Waals surface area contributed by atoms with E-state index in [0.29, 0.717) is 0 Å². The first-order valence-electron chi connectivity index (χ1n) is 2.61. The summed E-state index contributed by atoms with van der Waals surface area (Å²) in [5.74, 6) is 2.75. The summed E-state index contributed by atoms with van der Waals surface area (Å²) < 4.78 is 0. The van der Waals surface area contributed by atoms with Crippen LogP contribution in [0.1, 0.15) is 19.8 Å². The molecule has 1 heteroatoms. The highest BCUT2D eigenvalue weighted by Gasteiger charge is 1.70. The summed E-state index contributed by atoms with van der Waals surface area (Å²) in [6, 6.07) is 0. The Balaban J connectivity index is 3.01. The van der Waals surface area contributed by atoms with Gasteiger partial charge in [-0.15, -0.1) is 0 Å². The molecule has 0 heterocycles. The summed E-state index contributed by atoms with van der Waals surface area (Å²) in [5, 5.41) is 2.31. The molecular weight excluding hydrogens is 120 g/mol. The average molecular weight is 129 g/mol. The first-order chi connectivity index (χ1) is 3.91. The Hall–Kier alpha value is -0.410.